The average molecular weight is 303 g/mol. The normalized spacial score (nSPS) is 12.8. The van der Waals surface area contributed by atoms with Gasteiger partial charge < -0.3 is 14.8 Å². The molecule has 1 N–H and O–H groups in total. The zero-order chi connectivity index (χ0) is 14.2. The minimum atomic E-state index is -0.209. The van der Waals surface area contributed by atoms with Gasteiger partial charge in [0.1, 0.15) is 19.2 Å². The van der Waals surface area contributed by atoms with Gasteiger partial charge in [0.2, 0.25) is 12.7 Å². The molecule has 9 heteroatoms. The van der Waals surface area contributed by atoms with Crippen molar-refractivity contribution in [3.63, 3.8) is 0 Å². The van der Waals surface area contributed by atoms with Gasteiger partial charge in [-0.1, -0.05) is 11.3 Å². The van der Waals surface area contributed by atoms with Gasteiger partial charge in [0.25, 0.3) is 0 Å². The minimum Gasteiger partial charge on any atom is -0.454 e. The Morgan fingerprint density at radius 1 is 1.38 bits per heavy atom. The molecule has 3 aromatic rings. The van der Waals surface area contributed by atoms with Crippen molar-refractivity contribution >= 4 is 32.6 Å². The number of carbonyl (C=O) groups is 1. The van der Waals surface area contributed by atoms with E-state index in [2.05, 4.69) is 20.4 Å². The van der Waals surface area contributed by atoms with Crippen LogP contribution in [-0.4, -0.2) is 32.4 Å². The van der Waals surface area contributed by atoms with Crippen molar-refractivity contribution in [2.45, 2.75) is 6.54 Å². The van der Waals surface area contributed by atoms with E-state index in [1.54, 1.807) is 6.07 Å². The molecule has 1 aliphatic rings. The number of fused-ring (bicyclic) bond motifs is 2. The molecule has 0 radical (unpaired) electrons. The largest absolute Gasteiger partial charge is 0.454 e. The highest BCUT2D eigenvalue weighted by molar-refractivity contribution is 7.22. The number of carbonyl (C=O) groups excluding carboxylic acids is 1. The first-order chi connectivity index (χ1) is 10.3. The lowest BCUT2D eigenvalue weighted by Crippen LogP contribution is -2.18. The zero-order valence-corrected chi connectivity index (χ0v) is 11.5. The summed E-state index contributed by atoms with van der Waals surface area (Å²) >= 11 is 1.38. The summed E-state index contributed by atoms with van der Waals surface area (Å²) in [6.45, 7) is 0.326. The lowest BCUT2D eigenvalue weighted by molar-refractivity contribution is -0.116. The van der Waals surface area contributed by atoms with Crippen LogP contribution in [0.4, 0.5) is 5.13 Å². The lowest BCUT2D eigenvalue weighted by Gasteiger charge is -2.00. The van der Waals surface area contributed by atoms with Gasteiger partial charge >= 0.3 is 0 Å². The Labute approximate surface area is 122 Å². The highest BCUT2D eigenvalue weighted by Gasteiger charge is 2.17. The third-order valence-corrected chi connectivity index (χ3v) is 3.83. The second-order valence-corrected chi connectivity index (χ2v) is 5.36. The number of benzene rings is 1. The average Bonchev–Trinajstić information content (AvgIpc) is 3.14. The van der Waals surface area contributed by atoms with Gasteiger partial charge in [-0.3, -0.25) is 4.79 Å². The van der Waals surface area contributed by atoms with Crippen LogP contribution < -0.4 is 14.8 Å². The summed E-state index contributed by atoms with van der Waals surface area (Å²) in [5.41, 5.74) is 0.764. The highest BCUT2D eigenvalue weighted by Crippen LogP contribution is 2.38. The molecule has 1 aliphatic heterocycles. The summed E-state index contributed by atoms with van der Waals surface area (Å²) in [7, 11) is 0. The van der Waals surface area contributed by atoms with Gasteiger partial charge in [0.15, 0.2) is 16.6 Å². The molecule has 1 aromatic carbocycles. The summed E-state index contributed by atoms with van der Waals surface area (Å²) in [6, 6.07) is 3.67. The van der Waals surface area contributed by atoms with Gasteiger partial charge in [-0.2, -0.15) is 5.10 Å². The smallest absolute Gasteiger partial charge is 0.247 e. The molecule has 4 rings (SSSR count). The molecule has 0 unspecified atom stereocenters. The van der Waals surface area contributed by atoms with Crippen LogP contribution in [0.25, 0.3) is 10.2 Å². The fraction of sp³-hybridized carbons (Fsp3) is 0.167. The van der Waals surface area contributed by atoms with Crippen LogP contribution in [-0.2, 0) is 11.3 Å². The van der Waals surface area contributed by atoms with Crippen molar-refractivity contribution in [1.29, 1.82) is 0 Å². The number of ether oxygens (including phenoxy) is 2. The van der Waals surface area contributed by atoms with Crippen molar-refractivity contribution in [3.05, 3.63) is 24.8 Å². The Kier molecular flexibility index (Phi) is 2.71. The Morgan fingerprint density at radius 2 is 2.24 bits per heavy atom. The number of nitrogens with one attached hydrogen (secondary N) is 1. The van der Waals surface area contributed by atoms with Crippen molar-refractivity contribution in [2.24, 2.45) is 0 Å². The molecule has 0 saturated carbocycles. The van der Waals surface area contributed by atoms with Gasteiger partial charge in [-0.25, -0.2) is 14.6 Å². The molecule has 0 fully saturated rings. The van der Waals surface area contributed by atoms with Crippen molar-refractivity contribution < 1.29 is 14.3 Å². The Bertz CT molecular complexity index is 773. The van der Waals surface area contributed by atoms with Crippen LogP contribution >= 0.6 is 11.3 Å². The summed E-state index contributed by atoms with van der Waals surface area (Å²) in [5, 5.41) is 7.15. The van der Waals surface area contributed by atoms with E-state index < -0.39 is 0 Å². The maximum absolute atomic E-state index is 11.9. The molecular weight excluding hydrogens is 294 g/mol. The second-order valence-electron chi connectivity index (χ2n) is 4.33. The molecule has 3 heterocycles. The molecule has 8 nitrogen and oxygen atoms in total. The van der Waals surface area contributed by atoms with Crippen LogP contribution in [0.2, 0.25) is 0 Å². The van der Waals surface area contributed by atoms with Gasteiger partial charge in [0, 0.05) is 12.1 Å². The van der Waals surface area contributed by atoms with E-state index in [1.807, 2.05) is 6.07 Å². The lowest BCUT2D eigenvalue weighted by atomic mass is 10.3. The first-order valence-corrected chi connectivity index (χ1v) is 6.92. The number of anilines is 1. The molecule has 0 aliphatic carbocycles. The molecule has 0 bridgehead atoms. The van der Waals surface area contributed by atoms with Gasteiger partial charge in [-0.05, 0) is 0 Å². The zero-order valence-electron chi connectivity index (χ0n) is 10.6. The summed E-state index contributed by atoms with van der Waals surface area (Å²) in [6.07, 6.45) is 2.86. The van der Waals surface area contributed by atoms with E-state index in [0.717, 1.165) is 10.2 Å². The van der Waals surface area contributed by atoms with E-state index in [-0.39, 0.29) is 19.2 Å². The SMILES string of the molecule is O=C(Cn1cncn1)Nc1nc2cc3c(cc2s1)OCO3. The molecule has 0 atom stereocenters. The van der Waals surface area contributed by atoms with E-state index in [9.17, 15) is 4.79 Å². The summed E-state index contributed by atoms with van der Waals surface area (Å²) < 4.78 is 13.0. The number of aromatic nitrogens is 4. The number of thiazole rings is 1. The summed E-state index contributed by atoms with van der Waals surface area (Å²) in [5.74, 6) is 1.17. The van der Waals surface area contributed by atoms with E-state index in [0.29, 0.717) is 16.6 Å². The molecule has 0 saturated heterocycles. The fourth-order valence-electron chi connectivity index (χ4n) is 1.99. The standard InChI is InChI=1S/C12H9N5O3S/c18-11(3-17-5-13-4-14-17)16-12-15-7-1-8-9(20-6-19-8)2-10(7)21-12/h1-2,4-5H,3,6H2,(H,15,16,18). The molecule has 1 amide bonds. The van der Waals surface area contributed by atoms with Crippen molar-refractivity contribution in [2.75, 3.05) is 12.1 Å². The number of rotatable bonds is 3. The molecular formula is C12H9N5O3S. The van der Waals surface area contributed by atoms with Crippen LogP contribution in [0.5, 0.6) is 11.5 Å². The number of nitrogens with zero attached hydrogens (tertiary/aromatic N) is 4. The number of hydrogen-bond acceptors (Lipinski definition) is 7. The van der Waals surface area contributed by atoms with Gasteiger partial charge in [0.05, 0.1) is 10.2 Å². The number of amides is 1. The van der Waals surface area contributed by atoms with Crippen LogP contribution in [0.1, 0.15) is 0 Å². The third-order valence-electron chi connectivity index (χ3n) is 2.90. The fourth-order valence-corrected chi connectivity index (χ4v) is 2.88. The predicted molar refractivity (Wildman–Crippen MR) is 74.4 cm³/mol. The first-order valence-electron chi connectivity index (χ1n) is 6.10. The third kappa shape index (κ3) is 2.27. The molecule has 2 aromatic heterocycles. The van der Waals surface area contributed by atoms with Crippen molar-refractivity contribution in [1.82, 2.24) is 19.7 Å². The number of hydrogen-bond donors (Lipinski definition) is 1. The van der Waals surface area contributed by atoms with Gasteiger partial charge in [-0.15, -0.1) is 0 Å². The van der Waals surface area contributed by atoms with Crippen LogP contribution in [0.3, 0.4) is 0 Å². The maximum Gasteiger partial charge on any atom is 0.247 e. The Hall–Kier alpha value is -2.68. The summed E-state index contributed by atoms with van der Waals surface area (Å²) in [4.78, 5) is 20.0. The monoisotopic (exact) mass is 303 g/mol. The Morgan fingerprint density at radius 3 is 3.05 bits per heavy atom. The van der Waals surface area contributed by atoms with E-state index >= 15 is 0 Å². The molecule has 106 valence electrons. The van der Waals surface area contributed by atoms with E-state index in [4.69, 9.17) is 9.47 Å². The molecule has 0 spiro atoms. The predicted octanol–water partition coefficient (Wildman–Crippen LogP) is 1.26. The minimum absolute atomic E-state index is 0.0959. The van der Waals surface area contributed by atoms with E-state index in [1.165, 1.54) is 28.7 Å². The van der Waals surface area contributed by atoms with Crippen LogP contribution in [0.15, 0.2) is 24.8 Å². The topological polar surface area (TPSA) is 91.2 Å². The quantitative estimate of drug-likeness (QED) is 0.783. The molecule has 21 heavy (non-hydrogen) atoms. The second kappa shape index (κ2) is 4.70. The highest BCUT2D eigenvalue weighted by atomic mass is 32.1. The van der Waals surface area contributed by atoms with Crippen LogP contribution in [0, 0.1) is 0 Å². The first kappa shape index (κ1) is 12.1. The van der Waals surface area contributed by atoms with Crippen molar-refractivity contribution in [3.8, 4) is 11.5 Å². The Balaban J connectivity index is 1.55. The maximum atomic E-state index is 11.9.